The molecule has 21 heavy (non-hydrogen) atoms. The lowest BCUT2D eigenvalue weighted by Gasteiger charge is -2.13. The molecule has 0 radical (unpaired) electrons. The first-order valence-corrected chi connectivity index (χ1v) is 6.44. The highest BCUT2D eigenvalue weighted by Crippen LogP contribution is 2.31. The molecule has 2 aromatic rings. The van der Waals surface area contributed by atoms with Gasteiger partial charge in [0.2, 0.25) is 0 Å². The lowest BCUT2D eigenvalue weighted by atomic mass is 10.1. The number of hydrogen-bond donors (Lipinski definition) is 1. The van der Waals surface area contributed by atoms with Crippen LogP contribution in [0.5, 0.6) is 11.5 Å². The van der Waals surface area contributed by atoms with Crippen LogP contribution in [0.2, 0.25) is 0 Å². The molecular weight excluding hydrogens is 278 g/mol. The van der Waals surface area contributed by atoms with E-state index in [1.165, 1.54) is 7.11 Å². The normalized spacial score (nSPS) is 12.0. The number of ether oxygens (including phenoxy) is 2. The average molecular weight is 294 g/mol. The second-order valence-corrected chi connectivity index (χ2v) is 4.61. The summed E-state index contributed by atoms with van der Waals surface area (Å²) in [5, 5.41) is 9.52. The van der Waals surface area contributed by atoms with Crippen LogP contribution in [0.15, 0.2) is 36.4 Å². The summed E-state index contributed by atoms with van der Waals surface area (Å²) in [6.07, 6.45) is -0.631. The fourth-order valence-electron chi connectivity index (χ4n) is 1.87. The zero-order valence-corrected chi connectivity index (χ0v) is 11.8. The molecule has 0 bridgehead atoms. The number of methoxy groups -OCH3 is 1. The first kappa shape index (κ1) is 15.3. The minimum atomic E-state index is -0.631. The number of aliphatic hydroxyl groups is 1. The predicted molar refractivity (Wildman–Crippen MR) is 74.3 cm³/mol. The Morgan fingerprint density at radius 1 is 1.10 bits per heavy atom. The van der Waals surface area contributed by atoms with Gasteiger partial charge in [0.25, 0.3) is 0 Å². The van der Waals surface area contributed by atoms with Gasteiger partial charge in [0.15, 0.2) is 11.5 Å². The number of rotatable bonds is 5. The second kappa shape index (κ2) is 6.54. The minimum Gasteiger partial charge on any atom is -0.493 e. The summed E-state index contributed by atoms with van der Waals surface area (Å²) >= 11 is 0. The van der Waals surface area contributed by atoms with Crippen molar-refractivity contribution in [2.75, 3.05) is 7.11 Å². The van der Waals surface area contributed by atoms with Crippen LogP contribution in [-0.4, -0.2) is 12.2 Å². The summed E-state index contributed by atoms with van der Waals surface area (Å²) in [6.45, 7) is 1.52. The van der Waals surface area contributed by atoms with E-state index in [9.17, 15) is 13.9 Å². The minimum absolute atomic E-state index is 0.117. The number of halogens is 2. The van der Waals surface area contributed by atoms with Crippen LogP contribution in [0, 0.1) is 11.6 Å². The SMILES string of the molecule is COc1cc(C(C)O)ccc1OCc1cc(F)ccc1F. The molecule has 0 aliphatic rings. The van der Waals surface area contributed by atoms with Gasteiger partial charge in [-0.15, -0.1) is 0 Å². The molecule has 0 saturated carbocycles. The number of aliphatic hydroxyl groups excluding tert-OH is 1. The fourth-order valence-corrected chi connectivity index (χ4v) is 1.87. The summed E-state index contributed by atoms with van der Waals surface area (Å²) in [6, 6.07) is 8.15. The maximum absolute atomic E-state index is 13.5. The molecule has 3 nitrogen and oxygen atoms in total. The van der Waals surface area contributed by atoms with Crippen molar-refractivity contribution in [3.63, 3.8) is 0 Å². The van der Waals surface area contributed by atoms with Gasteiger partial charge in [0, 0.05) is 5.56 Å². The van der Waals surface area contributed by atoms with E-state index in [1.54, 1.807) is 25.1 Å². The van der Waals surface area contributed by atoms with Crippen molar-refractivity contribution >= 4 is 0 Å². The molecule has 1 atom stereocenters. The van der Waals surface area contributed by atoms with Crippen molar-refractivity contribution in [1.29, 1.82) is 0 Å². The Labute approximate surface area is 121 Å². The molecule has 0 aliphatic heterocycles. The van der Waals surface area contributed by atoms with Gasteiger partial charge in [-0.25, -0.2) is 8.78 Å². The molecule has 0 saturated heterocycles. The van der Waals surface area contributed by atoms with Gasteiger partial charge in [0.1, 0.15) is 18.2 Å². The first-order chi connectivity index (χ1) is 10.0. The summed E-state index contributed by atoms with van der Waals surface area (Å²) < 4.78 is 37.2. The van der Waals surface area contributed by atoms with Gasteiger partial charge in [0.05, 0.1) is 13.2 Å². The van der Waals surface area contributed by atoms with Gasteiger partial charge in [-0.3, -0.25) is 0 Å². The zero-order valence-electron chi connectivity index (χ0n) is 11.8. The third-order valence-corrected chi connectivity index (χ3v) is 3.06. The van der Waals surface area contributed by atoms with E-state index in [1.807, 2.05) is 0 Å². The quantitative estimate of drug-likeness (QED) is 0.915. The molecule has 0 fully saturated rings. The zero-order chi connectivity index (χ0) is 15.4. The van der Waals surface area contributed by atoms with E-state index in [0.29, 0.717) is 17.1 Å². The van der Waals surface area contributed by atoms with Crippen molar-refractivity contribution in [3.05, 3.63) is 59.2 Å². The Bertz CT molecular complexity index is 627. The van der Waals surface area contributed by atoms with Gasteiger partial charge in [-0.2, -0.15) is 0 Å². The third kappa shape index (κ3) is 3.70. The molecule has 0 spiro atoms. The van der Waals surface area contributed by atoms with Gasteiger partial charge >= 0.3 is 0 Å². The molecule has 0 aliphatic carbocycles. The molecule has 0 heterocycles. The molecule has 0 aromatic heterocycles. The molecule has 1 unspecified atom stereocenters. The molecule has 1 N–H and O–H groups in total. The fraction of sp³-hybridized carbons (Fsp3) is 0.250. The average Bonchev–Trinajstić information content (AvgIpc) is 2.47. The van der Waals surface area contributed by atoms with E-state index in [4.69, 9.17) is 9.47 Å². The Kier molecular flexibility index (Phi) is 4.75. The topological polar surface area (TPSA) is 38.7 Å². The van der Waals surface area contributed by atoms with E-state index < -0.39 is 17.7 Å². The Balaban J connectivity index is 2.18. The first-order valence-electron chi connectivity index (χ1n) is 6.44. The van der Waals surface area contributed by atoms with Crippen LogP contribution in [0.3, 0.4) is 0 Å². The van der Waals surface area contributed by atoms with Gasteiger partial charge < -0.3 is 14.6 Å². The number of hydrogen-bond acceptors (Lipinski definition) is 3. The molecular formula is C16H16F2O3. The molecule has 2 rings (SSSR count). The summed E-state index contributed by atoms with van der Waals surface area (Å²) in [5.41, 5.74) is 0.799. The Hall–Kier alpha value is -2.14. The van der Waals surface area contributed by atoms with Crippen molar-refractivity contribution in [1.82, 2.24) is 0 Å². The molecule has 112 valence electrons. The van der Waals surface area contributed by atoms with Gasteiger partial charge in [-0.1, -0.05) is 6.07 Å². The maximum Gasteiger partial charge on any atom is 0.161 e. The molecule has 0 amide bonds. The lowest BCUT2D eigenvalue weighted by Crippen LogP contribution is -2.01. The lowest BCUT2D eigenvalue weighted by molar-refractivity contribution is 0.198. The summed E-state index contributed by atoms with van der Waals surface area (Å²) in [4.78, 5) is 0. The van der Waals surface area contributed by atoms with Crippen molar-refractivity contribution in [3.8, 4) is 11.5 Å². The van der Waals surface area contributed by atoms with Crippen molar-refractivity contribution < 1.29 is 23.4 Å². The molecule has 2 aromatic carbocycles. The third-order valence-electron chi connectivity index (χ3n) is 3.06. The molecule has 5 heteroatoms. The van der Waals surface area contributed by atoms with Crippen molar-refractivity contribution in [2.45, 2.75) is 19.6 Å². The standard InChI is InChI=1S/C16H16F2O3/c1-10(19)11-3-6-15(16(8-11)20-2)21-9-12-7-13(17)4-5-14(12)18/h3-8,10,19H,9H2,1-2H3. The highest BCUT2D eigenvalue weighted by atomic mass is 19.1. The van der Waals surface area contributed by atoms with Gasteiger partial charge in [-0.05, 0) is 42.8 Å². The largest absolute Gasteiger partial charge is 0.493 e. The van der Waals surface area contributed by atoms with E-state index in [2.05, 4.69) is 0 Å². The van der Waals surface area contributed by atoms with E-state index >= 15 is 0 Å². The smallest absolute Gasteiger partial charge is 0.161 e. The maximum atomic E-state index is 13.5. The Morgan fingerprint density at radius 3 is 2.52 bits per heavy atom. The highest BCUT2D eigenvalue weighted by Gasteiger charge is 2.10. The highest BCUT2D eigenvalue weighted by molar-refractivity contribution is 5.43. The monoisotopic (exact) mass is 294 g/mol. The van der Waals surface area contributed by atoms with E-state index in [-0.39, 0.29) is 12.2 Å². The van der Waals surface area contributed by atoms with Crippen LogP contribution >= 0.6 is 0 Å². The van der Waals surface area contributed by atoms with Crippen LogP contribution in [-0.2, 0) is 6.61 Å². The van der Waals surface area contributed by atoms with Crippen molar-refractivity contribution in [2.24, 2.45) is 0 Å². The van der Waals surface area contributed by atoms with E-state index in [0.717, 1.165) is 18.2 Å². The predicted octanol–water partition coefficient (Wildman–Crippen LogP) is 3.61. The Morgan fingerprint density at radius 2 is 1.86 bits per heavy atom. The summed E-state index contributed by atoms with van der Waals surface area (Å²) in [7, 11) is 1.47. The number of benzene rings is 2. The van der Waals surface area contributed by atoms with Crippen LogP contribution in [0.25, 0.3) is 0 Å². The van der Waals surface area contributed by atoms with Crippen LogP contribution in [0.1, 0.15) is 24.2 Å². The summed E-state index contributed by atoms with van der Waals surface area (Å²) in [5.74, 6) is -0.238. The second-order valence-electron chi connectivity index (χ2n) is 4.61. The van der Waals surface area contributed by atoms with Crippen LogP contribution < -0.4 is 9.47 Å². The van der Waals surface area contributed by atoms with Crippen LogP contribution in [0.4, 0.5) is 8.78 Å².